The molecule has 0 aromatic carbocycles. The fourth-order valence-corrected chi connectivity index (χ4v) is 1.26. The summed E-state index contributed by atoms with van der Waals surface area (Å²) in [5.41, 5.74) is 1.26. The fraction of sp³-hybridized carbons (Fsp3) is 0.500. The van der Waals surface area contributed by atoms with Gasteiger partial charge >= 0.3 is 0 Å². The van der Waals surface area contributed by atoms with Crippen LogP contribution in [0.25, 0.3) is 0 Å². The molecule has 0 saturated carbocycles. The summed E-state index contributed by atoms with van der Waals surface area (Å²) in [5, 5.41) is 8.75. The molecule has 0 aliphatic carbocycles. The molecule has 1 aromatic rings. The summed E-state index contributed by atoms with van der Waals surface area (Å²) in [6, 6.07) is 3.72. The second-order valence-electron chi connectivity index (χ2n) is 2.98. The first kappa shape index (κ1) is 10.5. The molecule has 4 nitrogen and oxygen atoms in total. The summed E-state index contributed by atoms with van der Waals surface area (Å²) in [7, 11) is 0. The van der Waals surface area contributed by atoms with Gasteiger partial charge in [0.15, 0.2) is 0 Å². The molecule has 74 valence electrons. The lowest BCUT2D eigenvalue weighted by atomic mass is 10.3. The molecule has 0 radical (unpaired) electrons. The van der Waals surface area contributed by atoms with Gasteiger partial charge in [0.25, 0.3) is 0 Å². The first-order chi connectivity index (χ1) is 6.71. The van der Waals surface area contributed by atoms with E-state index in [1.807, 2.05) is 31.7 Å². The van der Waals surface area contributed by atoms with Crippen LogP contribution in [0.3, 0.4) is 0 Å². The van der Waals surface area contributed by atoms with E-state index in [4.69, 9.17) is 5.26 Å². The standard InChI is InChI=1S/C10H14N4/c1-4-14(5-2)10-12-8(3)6-9(7-11)13-10/h6H,4-5H2,1-3H3. The van der Waals surface area contributed by atoms with E-state index in [1.165, 1.54) is 0 Å². The number of hydrogen-bond donors (Lipinski definition) is 0. The van der Waals surface area contributed by atoms with Crippen LogP contribution in [0.1, 0.15) is 25.2 Å². The van der Waals surface area contributed by atoms with Gasteiger partial charge in [-0.25, -0.2) is 9.97 Å². The second-order valence-corrected chi connectivity index (χ2v) is 2.98. The van der Waals surface area contributed by atoms with Crippen molar-refractivity contribution in [2.75, 3.05) is 18.0 Å². The molecule has 1 rings (SSSR count). The Labute approximate surface area is 84.2 Å². The zero-order chi connectivity index (χ0) is 10.6. The van der Waals surface area contributed by atoms with Gasteiger partial charge in [-0.05, 0) is 26.8 Å². The van der Waals surface area contributed by atoms with E-state index in [0.717, 1.165) is 18.8 Å². The molecule has 0 spiro atoms. The molecule has 0 N–H and O–H groups in total. The van der Waals surface area contributed by atoms with Gasteiger partial charge in [-0.15, -0.1) is 0 Å². The van der Waals surface area contributed by atoms with E-state index in [2.05, 4.69) is 9.97 Å². The predicted molar refractivity (Wildman–Crippen MR) is 55.0 cm³/mol. The van der Waals surface area contributed by atoms with Crippen LogP contribution in [0.2, 0.25) is 0 Å². The molecule has 4 heteroatoms. The molecule has 0 saturated heterocycles. The number of nitrogens with zero attached hydrogens (tertiary/aromatic N) is 4. The van der Waals surface area contributed by atoms with Crippen LogP contribution in [0.5, 0.6) is 0 Å². The van der Waals surface area contributed by atoms with E-state index in [0.29, 0.717) is 11.6 Å². The highest BCUT2D eigenvalue weighted by atomic mass is 15.2. The van der Waals surface area contributed by atoms with E-state index in [-0.39, 0.29) is 0 Å². The van der Waals surface area contributed by atoms with Crippen molar-refractivity contribution in [2.24, 2.45) is 0 Å². The third-order valence-electron chi connectivity index (χ3n) is 2.00. The lowest BCUT2D eigenvalue weighted by Gasteiger charge is -2.18. The van der Waals surface area contributed by atoms with Gasteiger partial charge in [0, 0.05) is 18.8 Å². The first-order valence-corrected chi connectivity index (χ1v) is 4.72. The Morgan fingerprint density at radius 3 is 2.50 bits per heavy atom. The van der Waals surface area contributed by atoms with Crippen LogP contribution in [0.15, 0.2) is 6.07 Å². The first-order valence-electron chi connectivity index (χ1n) is 4.72. The normalized spacial score (nSPS) is 9.57. The van der Waals surface area contributed by atoms with Crippen molar-refractivity contribution >= 4 is 5.95 Å². The average molecular weight is 190 g/mol. The van der Waals surface area contributed by atoms with Crippen molar-refractivity contribution in [1.82, 2.24) is 9.97 Å². The highest BCUT2D eigenvalue weighted by Gasteiger charge is 2.07. The van der Waals surface area contributed by atoms with Gasteiger partial charge in [-0.3, -0.25) is 0 Å². The second kappa shape index (κ2) is 4.56. The molecule has 1 aromatic heterocycles. The number of rotatable bonds is 3. The number of aryl methyl sites for hydroxylation is 1. The molecule has 0 atom stereocenters. The predicted octanol–water partition coefficient (Wildman–Crippen LogP) is 1.50. The minimum Gasteiger partial charge on any atom is -0.341 e. The van der Waals surface area contributed by atoms with Crippen LogP contribution < -0.4 is 4.90 Å². The molecule has 0 unspecified atom stereocenters. The summed E-state index contributed by atoms with van der Waals surface area (Å²) in [4.78, 5) is 10.5. The van der Waals surface area contributed by atoms with Crippen molar-refractivity contribution in [3.63, 3.8) is 0 Å². The number of hydrogen-bond acceptors (Lipinski definition) is 4. The SMILES string of the molecule is CCN(CC)c1nc(C)cc(C#N)n1. The lowest BCUT2D eigenvalue weighted by molar-refractivity contribution is 0.814. The highest BCUT2D eigenvalue weighted by Crippen LogP contribution is 2.08. The van der Waals surface area contributed by atoms with Crippen LogP contribution in [0.4, 0.5) is 5.95 Å². The highest BCUT2D eigenvalue weighted by molar-refractivity contribution is 5.35. The van der Waals surface area contributed by atoms with Crippen LogP contribution in [-0.4, -0.2) is 23.1 Å². The van der Waals surface area contributed by atoms with Crippen LogP contribution in [0, 0.1) is 18.3 Å². The molecular formula is C10H14N4. The Kier molecular flexibility index (Phi) is 3.41. The Hall–Kier alpha value is -1.63. The van der Waals surface area contributed by atoms with Crippen LogP contribution in [-0.2, 0) is 0 Å². The molecule has 0 aliphatic heterocycles. The zero-order valence-electron chi connectivity index (χ0n) is 8.78. The average Bonchev–Trinajstić information content (AvgIpc) is 2.19. The monoisotopic (exact) mass is 190 g/mol. The summed E-state index contributed by atoms with van der Waals surface area (Å²) in [5.74, 6) is 0.645. The zero-order valence-corrected chi connectivity index (χ0v) is 8.78. The Balaban J connectivity index is 3.09. The van der Waals surface area contributed by atoms with Crippen molar-refractivity contribution in [1.29, 1.82) is 5.26 Å². The van der Waals surface area contributed by atoms with Gasteiger partial charge in [-0.1, -0.05) is 0 Å². The van der Waals surface area contributed by atoms with E-state index in [1.54, 1.807) is 6.07 Å². The van der Waals surface area contributed by atoms with Gasteiger partial charge < -0.3 is 4.90 Å². The Bertz CT molecular complexity index is 350. The van der Waals surface area contributed by atoms with E-state index in [9.17, 15) is 0 Å². The molecule has 0 aliphatic rings. The van der Waals surface area contributed by atoms with Crippen molar-refractivity contribution in [3.05, 3.63) is 17.5 Å². The molecule has 0 fully saturated rings. The topological polar surface area (TPSA) is 52.8 Å². The minimum absolute atomic E-state index is 0.430. The Morgan fingerprint density at radius 2 is 2.00 bits per heavy atom. The third-order valence-corrected chi connectivity index (χ3v) is 2.00. The number of aromatic nitrogens is 2. The van der Waals surface area contributed by atoms with E-state index >= 15 is 0 Å². The van der Waals surface area contributed by atoms with Crippen LogP contribution >= 0.6 is 0 Å². The van der Waals surface area contributed by atoms with E-state index < -0.39 is 0 Å². The minimum atomic E-state index is 0.430. The quantitative estimate of drug-likeness (QED) is 0.724. The summed E-state index contributed by atoms with van der Waals surface area (Å²) in [6.45, 7) is 7.66. The molecule has 0 bridgehead atoms. The fourth-order valence-electron chi connectivity index (χ4n) is 1.26. The maximum atomic E-state index is 8.75. The maximum absolute atomic E-state index is 8.75. The maximum Gasteiger partial charge on any atom is 0.226 e. The smallest absolute Gasteiger partial charge is 0.226 e. The lowest BCUT2D eigenvalue weighted by Crippen LogP contribution is -2.24. The van der Waals surface area contributed by atoms with Gasteiger partial charge in [0.1, 0.15) is 11.8 Å². The summed E-state index contributed by atoms with van der Waals surface area (Å²) < 4.78 is 0. The van der Waals surface area contributed by atoms with Gasteiger partial charge in [-0.2, -0.15) is 5.26 Å². The number of anilines is 1. The summed E-state index contributed by atoms with van der Waals surface area (Å²) in [6.07, 6.45) is 0. The molecule has 1 heterocycles. The largest absolute Gasteiger partial charge is 0.341 e. The van der Waals surface area contributed by atoms with Gasteiger partial charge in [0.2, 0.25) is 5.95 Å². The molecular weight excluding hydrogens is 176 g/mol. The molecule has 14 heavy (non-hydrogen) atoms. The van der Waals surface area contributed by atoms with Crippen molar-refractivity contribution < 1.29 is 0 Å². The Morgan fingerprint density at radius 1 is 1.36 bits per heavy atom. The molecule has 0 amide bonds. The van der Waals surface area contributed by atoms with Crippen molar-refractivity contribution in [2.45, 2.75) is 20.8 Å². The third kappa shape index (κ3) is 2.19. The summed E-state index contributed by atoms with van der Waals surface area (Å²) >= 11 is 0. The van der Waals surface area contributed by atoms with Gasteiger partial charge in [0.05, 0.1) is 0 Å². The number of nitriles is 1. The van der Waals surface area contributed by atoms with Crippen molar-refractivity contribution in [3.8, 4) is 6.07 Å².